The summed E-state index contributed by atoms with van der Waals surface area (Å²) in [5.74, 6) is -0.807. The highest BCUT2D eigenvalue weighted by molar-refractivity contribution is 5.85. The Morgan fingerprint density at radius 3 is 2.16 bits per heavy atom. The van der Waals surface area contributed by atoms with Crippen molar-refractivity contribution in [1.82, 2.24) is 4.90 Å². The topological polar surface area (TPSA) is 57.6 Å². The van der Waals surface area contributed by atoms with E-state index in [1.807, 2.05) is 11.8 Å². The normalized spacial score (nSPS) is 27.6. The Hall–Kier alpha value is -1.06. The molecule has 0 aromatic heterocycles. The lowest BCUT2D eigenvalue weighted by Gasteiger charge is -2.36. The standard InChI is InChI=1S/C15H25NO3/c1-2-16(10-11-6-5-7-11)14(17)12-8-3-4-9-13(12)15(18)19/h11-13H,2-10H2,1H3,(H,18,19)/t12-,13+/m1/s1. The van der Waals surface area contributed by atoms with Gasteiger partial charge in [0, 0.05) is 13.1 Å². The number of nitrogens with zero attached hydrogens (tertiary/aromatic N) is 1. The first kappa shape index (κ1) is 14.4. The van der Waals surface area contributed by atoms with Gasteiger partial charge in [0.1, 0.15) is 0 Å². The minimum absolute atomic E-state index is 0.0847. The van der Waals surface area contributed by atoms with Crippen LogP contribution in [0.3, 0.4) is 0 Å². The quantitative estimate of drug-likeness (QED) is 0.832. The van der Waals surface area contributed by atoms with Crippen molar-refractivity contribution in [3.8, 4) is 0 Å². The van der Waals surface area contributed by atoms with Crippen LogP contribution in [0.2, 0.25) is 0 Å². The van der Waals surface area contributed by atoms with E-state index in [1.54, 1.807) is 0 Å². The lowest BCUT2D eigenvalue weighted by Crippen LogP contribution is -2.45. The van der Waals surface area contributed by atoms with Gasteiger partial charge in [-0.2, -0.15) is 0 Å². The number of carboxylic acids is 1. The molecular formula is C15H25NO3. The lowest BCUT2D eigenvalue weighted by molar-refractivity contribution is -0.152. The molecule has 0 aromatic rings. The van der Waals surface area contributed by atoms with Gasteiger partial charge in [-0.1, -0.05) is 19.3 Å². The minimum atomic E-state index is -0.794. The van der Waals surface area contributed by atoms with Crippen molar-refractivity contribution < 1.29 is 14.7 Å². The molecule has 2 aliphatic carbocycles. The Bertz CT molecular complexity index is 338. The summed E-state index contributed by atoms with van der Waals surface area (Å²) < 4.78 is 0. The van der Waals surface area contributed by atoms with Crippen LogP contribution >= 0.6 is 0 Å². The summed E-state index contributed by atoms with van der Waals surface area (Å²) in [7, 11) is 0. The van der Waals surface area contributed by atoms with Crippen molar-refractivity contribution in [2.45, 2.75) is 51.9 Å². The Kier molecular flexibility index (Phi) is 4.83. The van der Waals surface area contributed by atoms with Crippen LogP contribution in [0.5, 0.6) is 0 Å². The number of hydrogen-bond acceptors (Lipinski definition) is 2. The molecule has 4 nitrogen and oxygen atoms in total. The van der Waals surface area contributed by atoms with Gasteiger partial charge in [0.15, 0.2) is 0 Å². The predicted molar refractivity (Wildman–Crippen MR) is 72.7 cm³/mol. The molecule has 0 aromatic carbocycles. The Labute approximate surface area is 115 Å². The highest BCUT2D eigenvalue weighted by Gasteiger charge is 2.38. The predicted octanol–water partition coefficient (Wildman–Crippen LogP) is 2.53. The molecule has 0 spiro atoms. The number of hydrogen-bond donors (Lipinski definition) is 1. The fourth-order valence-corrected chi connectivity index (χ4v) is 3.32. The summed E-state index contributed by atoms with van der Waals surface area (Å²) in [6.07, 6.45) is 7.05. The number of rotatable bonds is 5. The van der Waals surface area contributed by atoms with E-state index in [0.29, 0.717) is 18.9 Å². The Morgan fingerprint density at radius 2 is 1.68 bits per heavy atom. The van der Waals surface area contributed by atoms with Crippen LogP contribution in [0.1, 0.15) is 51.9 Å². The molecule has 2 fully saturated rings. The molecule has 108 valence electrons. The third-order valence-electron chi connectivity index (χ3n) is 4.80. The molecule has 4 heteroatoms. The van der Waals surface area contributed by atoms with Gasteiger partial charge in [-0.25, -0.2) is 0 Å². The zero-order valence-corrected chi connectivity index (χ0v) is 11.8. The monoisotopic (exact) mass is 267 g/mol. The van der Waals surface area contributed by atoms with E-state index in [1.165, 1.54) is 19.3 Å². The highest BCUT2D eigenvalue weighted by atomic mass is 16.4. The largest absolute Gasteiger partial charge is 0.481 e. The minimum Gasteiger partial charge on any atom is -0.481 e. The smallest absolute Gasteiger partial charge is 0.307 e. The average molecular weight is 267 g/mol. The fraction of sp³-hybridized carbons (Fsp3) is 0.867. The van der Waals surface area contributed by atoms with E-state index in [2.05, 4.69) is 0 Å². The van der Waals surface area contributed by atoms with E-state index in [4.69, 9.17) is 0 Å². The number of aliphatic carboxylic acids is 1. The van der Waals surface area contributed by atoms with Gasteiger partial charge in [-0.05, 0) is 38.5 Å². The number of amides is 1. The van der Waals surface area contributed by atoms with Crippen LogP contribution < -0.4 is 0 Å². The SMILES string of the molecule is CCN(CC1CCC1)C(=O)[C@@H]1CCCC[C@@H]1C(=O)O. The van der Waals surface area contributed by atoms with Gasteiger partial charge in [-0.15, -0.1) is 0 Å². The van der Waals surface area contributed by atoms with Gasteiger partial charge in [0.2, 0.25) is 5.91 Å². The van der Waals surface area contributed by atoms with Crippen LogP contribution in [0.15, 0.2) is 0 Å². The molecule has 0 aliphatic heterocycles. The van der Waals surface area contributed by atoms with Crippen LogP contribution in [0.25, 0.3) is 0 Å². The fourth-order valence-electron chi connectivity index (χ4n) is 3.32. The summed E-state index contributed by atoms with van der Waals surface area (Å²) >= 11 is 0. The first-order chi connectivity index (χ1) is 9.13. The van der Waals surface area contributed by atoms with E-state index < -0.39 is 11.9 Å². The zero-order chi connectivity index (χ0) is 13.8. The number of carbonyl (C=O) groups is 2. The van der Waals surface area contributed by atoms with Gasteiger partial charge in [0.05, 0.1) is 11.8 Å². The first-order valence-corrected chi connectivity index (χ1v) is 7.65. The van der Waals surface area contributed by atoms with Crippen molar-refractivity contribution >= 4 is 11.9 Å². The number of carboxylic acid groups (broad SMARTS) is 1. The summed E-state index contributed by atoms with van der Waals surface area (Å²) in [5, 5.41) is 9.28. The molecule has 1 N–H and O–H groups in total. The average Bonchev–Trinajstić information content (AvgIpc) is 2.37. The Morgan fingerprint density at radius 1 is 1.05 bits per heavy atom. The maximum atomic E-state index is 12.6. The van der Waals surface area contributed by atoms with Crippen LogP contribution in [0, 0.1) is 17.8 Å². The molecular weight excluding hydrogens is 242 g/mol. The second-order valence-corrected chi connectivity index (χ2v) is 6.01. The summed E-state index contributed by atoms with van der Waals surface area (Å²) in [6.45, 7) is 3.53. The van der Waals surface area contributed by atoms with E-state index in [-0.39, 0.29) is 11.8 Å². The van der Waals surface area contributed by atoms with Crippen molar-refractivity contribution in [3.05, 3.63) is 0 Å². The molecule has 2 atom stereocenters. The van der Waals surface area contributed by atoms with Crippen molar-refractivity contribution in [2.24, 2.45) is 17.8 Å². The zero-order valence-electron chi connectivity index (χ0n) is 11.8. The molecule has 2 saturated carbocycles. The molecule has 0 heterocycles. The molecule has 0 radical (unpaired) electrons. The number of carbonyl (C=O) groups excluding carboxylic acids is 1. The van der Waals surface area contributed by atoms with Crippen molar-refractivity contribution in [1.29, 1.82) is 0 Å². The van der Waals surface area contributed by atoms with Crippen molar-refractivity contribution in [2.75, 3.05) is 13.1 Å². The van der Waals surface area contributed by atoms with Crippen LogP contribution in [-0.2, 0) is 9.59 Å². The van der Waals surface area contributed by atoms with Crippen LogP contribution in [-0.4, -0.2) is 35.0 Å². The lowest BCUT2D eigenvalue weighted by atomic mass is 9.78. The van der Waals surface area contributed by atoms with Gasteiger partial charge < -0.3 is 10.0 Å². The first-order valence-electron chi connectivity index (χ1n) is 7.65. The van der Waals surface area contributed by atoms with Crippen LogP contribution in [0.4, 0.5) is 0 Å². The molecule has 0 bridgehead atoms. The highest BCUT2D eigenvalue weighted by Crippen LogP contribution is 2.33. The van der Waals surface area contributed by atoms with Gasteiger partial charge >= 0.3 is 5.97 Å². The maximum absolute atomic E-state index is 12.6. The summed E-state index contributed by atoms with van der Waals surface area (Å²) in [6, 6.07) is 0. The molecule has 2 rings (SSSR count). The molecule has 0 unspecified atom stereocenters. The second-order valence-electron chi connectivity index (χ2n) is 6.01. The van der Waals surface area contributed by atoms with Crippen molar-refractivity contribution in [3.63, 3.8) is 0 Å². The summed E-state index contributed by atoms with van der Waals surface area (Å²) in [5.41, 5.74) is 0. The van der Waals surface area contributed by atoms with Gasteiger partial charge in [0.25, 0.3) is 0 Å². The Balaban J connectivity index is 1.99. The molecule has 1 amide bonds. The van der Waals surface area contributed by atoms with Gasteiger partial charge in [-0.3, -0.25) is 9.59 Å². The maximum Gasteiger partial charge on any atom is 0.307 e. The third-order valence-corrected chi connectivity index (χ3v) is 4.80. The van der Waals surface area contributed by atoms with E-state index >= 15 is 0 Å². The third kappa shape index (κ3) is 3.28. The van der Waals surface area contributed by atoms with E-state index in [9.17, 15) is 14.7 Å². The van der Waals surface area contributed by atoms with E-state index in [0.717, 1.165) is 25.8 Å². The molecule has 2 aliphatic rings. The second kappa shape index (κ2) is 6.40. The molecule has 19 heavy (non-hydrogen) atoms. The summed E-state index contributed by atoms with van der Waals surface area (Å²) in [4.78, 5) is 25.8. The molecule has 0 saturated heterocycles.